The van der Waals surface area contributed by atoms with Gasteiger partial charge in [-0.1, -0.05) is 6.07 Å². The summed E-state index contributed by atoms with van der Waals surface area (Å²) in [6.07, 6.45) is -3.89. The molecule has 1 aliphatic rings. The first-order valence-electron chi connectivity index (χ1n) is 6.85. The molecule has 1 atom stereocenters. The van der Waals surface area contributed by atoms with E-state index in [-0.39, 0.29) is 28.9 Å². The second-order valence-electron chi connectivity index (χ2n) is 5.14. The van der Waals surface area contributed by atoms with Crippen molar-refractivity contribution >= 4 is 28.3 Å². The SMILES string of the molecule is Cl.O=C(NCC(F)(F)F)c1cccc(S(=O)(=O)NC2CCNC2)c1. The molecule has 24 heavy (non-hydrogen) atoms. The molecule has 0 saturated carbocycles. The van der Waals surface area contributed by atoms with E-state index in [1.807, 2.05) is 0 Å². The van der Waals surface area contributed by atoms with Crippen LogP contribution >= 0.6 is 12.4 Å². The maximum atomic E-state index is 12.2. The molecular weight excluding hydrogens is 371 g/mol. The molecule has 1 amide bonds. The Balaban J connectivity index is 0.00000288. The Morgan fingerprint density at radius 1 is 1.33 bits per heavy atom. The largest absolute Gasteiger partial charge is 0.405 e. The van der Waals surface area contributed by atoms with E-state index in [0.717, 1.165) is 6.07 Å². The molecule has 11 heteroatoms. The van der Waals surface area contributed by atoms with Crippen molar-refractivity contribution in [3.8, 4) is 0 Å². The van der Waals surface area contributed by atoms with E-state index in [1.165, 1.54) is 18.2 Å². The van der Waals surface area contributed by atoms with Gasteiger partial charge >= 0.3 is 6.18 Å². The number of rotatable bonds is 5. The van der Waals surface area contributed by atoms with Gasteiger partial charge in [-0.25, -0.2) is 13.1 Å². The molecule has 3 N–H and O–H groups in total. The molecule has 1 saturated heterocycles. The summed E-state index contributed by atoms with van der Waals surface area (Å²) >= 11 is 0. The number of alkyl halides is 3. The van der Waals surface area contributed by atoms with Crippen molar-refractivity contribution in [2.24, 2.45) is 0 Å². The molecule has 2 rings (SSSR count). The number of carbonyl (C=O) groups excluding carboxylic acids is 1. The van der Waals surface area contributed by atoms with Gasteiger partial charge in [0.25, 0.3) is 5.91 Å². The van der Waals surface area contributed by atoms with Gasteiger partial charge in [0, 0.05) is 18.2 Å². The lowest BCUT2D eigenvalue weighted by Gasteiger charge is -2.13. The molecule has 1 aromatic carbocycles. The highest BCUT2D eigenvalue weighted by atomic mass is 35.5. The molecule has 1 aliphatic heterocycles. The van der Waals surface area contributed by atoms with Gasteiger partial charge in [0.1, 0.15) is 6.54 Å². The maximum absolute atomic E-state index is 12.2. The molecule has 136 valence electrons. The standard InChI is InChI=1S/C13H16F3N3O3S.ClH/c14-13(15,16)8-18-12(20)9-2-1-3-11(6-9)23(21,22)19-10-4-5-17-7-10;/h1-3,6,10,17,19H,4-5,7-8H2,(H,18,20);1H. The van der Waals surface area contributed by atoms with Gasteiger partial charge in [-0.2, -0.15) is 13.2 Å². The van der Waals surface area contributed by atoms with Crippen LogP contribution in [0, 0.1) is 0 Å². The number of sulfonamides is 1. The van der Waals surface area contributed by atoms with E-state index in [0.29, 0.717) is 19.5 Å². The number of benzene rings is 1. The summed E-state index contributed by atoms with van der Waals surface area (Å²) in [7, 11) is -3.84. The summed E-state index contributed by atoms with van der Waals surface area (Å²) in [6.45, 7) is -0.271. The Kier molecular flexibility index (Phi) is 7.02. The molecule has 1 heterocycles. The molecule has 1 aromatic rings. The van der Waals surface area contributed by atoms with Crippen LogP contribution in [0.25, 0.3) is 0 Å². The normalized spacial score (nSPS) is 18.0. The lowest BCUT2D eigenvalue weighted by molar-refractivity contribution is -0.123. The second kappa shape index (κ2) is 8.15. The van der Waals surface area contributed by atoms with Crippen LogP contribution in [-0.2, 0) is 10.0 Å². The van der Waals surface area contributed by atoms with Crippen molar-refractivity contribution in [2.45, 2.75) is 23.5 Å². The first kappa shape index (κ1) is 20.7. The van der Waals surface area contributed by atoms with E-state index >= 15 is 0 Å². The Bertz CT molecular complexity index is 677. The highest BCUT2D eigenvalue weighted by Gasteiger charge is 2.28. The van der Waals surface area contributed by atoms with Crippen molar-refractivity contribution in [3.05, 3.63) is 29.8 Å². The van der Waals surface area contributed by atoms with E-state index in [1.54, 1.807) is 5.32 Å². The Morgan fingerprint density at radius 3 is 2.62 bits per heavy atom. The third-order valence-corrected chi connectivity index (χ3v) is 4.76. The summed E-state index contributed by atoms with van der Waals surface area (Å²) in [6, 6.07) is 4.65. The van der Waals surface area contributed by atoms with Crippen LogP contribution in [-0.4, -0.2) is 46.2 Å². The van der Waals surface area contributed by atoms with Crippen molar-refractivity contribution in [1.82, 2.24) is 15.4 Å². The predicted octanol–water partition coefficient (Wildman–Crippen LogP) is 1.04. The number of nitrogens with one attached hydrogen (secondary N) is 3. The first-order valence-corrected chi connectivity index (χ1v) is 8.34. The van der Waals surface area contributed by atoms with E-state index in [9.17, 15) is 26.4 Å². The molecule has 6 nitrogen and oxygen atoms in total. The molecule has 0 bridgehead atoms. The summed E-state index contributed by atoms with van der Waals surface area (Å²) < 4.78 is 63.3. The lowest BCUT2D eigenvalue weighted by atomic mass is 10.2. The number of carbonyl (C=O) groups is 1. The Morgan fingerprint density at radius 2 is 2.04 bits per heavy atom. The van der Waals surface area contributed by atoms with Gasteiger partial charge in [-0.05, 0) is 31.2 Å². The minimum Gasteiger partial charge on any atom is -0.343 e. The van der Waals surface area contributed by atoms with E-state index < -0.39 is 28.7 Å². The quantitative estimate of drug-likeness (QED) is 0.704. The minimum atomic E-state index is -4.53. The molecule has 0 radical (unpaired) electrons. The number of halogens is 4. The van der Waals surface area contributed by atoms with Gasteiger partial charge in [0.05, 0.1) is 4.90 Å². The summed E-state index contributed by atoms with van der Waals surface area (Å²) in [5.74, 6) is -0.984. The monoisotopic (exact) mass is 387 g/mol. The average Bonchev–Trinajstić information content (AvgIpc) is 2.96. The van der Waals surface area contributed by atoms with Crippen molar-refractivity contribution in [3.63, 3.8) is 0 Å². The van der Waals surface area contributed by atoms with Crippen molar-refractivity contribution < 1.29 is 26.4 Å². The zero-order chi connectivity index (χ0) is 17.1. The highest BCUT2D eigenvalue weighted by Crippen LogP contribution is 2.15. The molecule has 0 aliphatic carbocycles. The fraction of sp³-hybridized carbons (Fsp3) is 0.462. The number of hydrogen-bond donors (Lipinski definition) is 3. The third-order valence-electron chi connectivity index (χ3n) is 3.24. The van der Waals surface area contributed by atoms with Crippen LogP contribution in [0.4, 0.5) is 13.2 Å². The van der Waals surface area contributed by atoms with Gasteiger partial charge < -0.3 is 10.6 Å². The molecule has 1 unspecified atom stereocenters. The van der Waals surface area contributed by atoms with Crippen LogP contribution in [0.5, 0.6) is 0 Å². The smallest absolute Gasteiger partial charge is 0.343 e. The van der Waals surface area contributed by atoms with E-state index in [4.69, 9.17) is 0 Å². The topological polar surface area (TPSA) is 87.3 Å². The molecule has 0 aromatic heterocycles. The molecule has 0 spiro atoms. The van der Waals surface area contributed by atoms with Gasteiger partial charge in [-0.15, -0.1) is 12.4 Å². The van der Waals surface area contributed by atoms with E-state index in [2.05, 4.69) is 10.0 Å². The summed E-state index contributed by atoms with van der Waals surface area (Å²) in [4.78, 5) is 11.5. The van der Waals surface area contributed by atoms with Gasteiger partial charge in [-0.3, -0.25) is 4.79 Å². The predicted molar refractivity (Wildman–Crippen MR) is 83.7 cm³/mol. The zero-order valence-electron chi connectivity index (χ0n) is 12.4. The number of hydrogen-bond acceptors (Lipinski definition) is 4. The average molecular weight is 388 g/mol. The van der Waals surface area contributed by atoms with Crippen LogP contribution in [0.1, 0.15) is 16.8 Å². The Labute approximate surface area is 143 Å². The molecular formula is C13H17ClF3N3O3S. The fourth-order valence-corrected chi connectivity index (χ4v) is 3.45. The maximum Gasteiger partial charge on any atom is 0.405 e. The Hall–Kier alpha value is -1.36. The highest BCUT2D eigenvalue weighted by molar-refractivity contribution is 7.89. The van der Waals surface area contributed by atoms with Gasteiger partial charge in [0.2, 0.25) is 10.0 Å². The first-order chi connectivity index (χ1) is 10.7. The van der Waals surface area contributed by atoms with Crippen LogP contribution in [0.3, 0.4) is 0 Å². The van der Waals surface area contributed by atoms with Crippen LogP contribution in [0.2, 0.25) is 0 Å². The summed E-state index contributed by atoms with van der Waals surface area (Å²) in [5.41, 5.74) is -0.151. The van der Waals surface area contributed by atoms with Crippen molar-refractivity contribution in [1.29, 1.82) is 0 Å². The zero-order valence-corrected chi connectivity index (χ0v) is 14.0. The summed E-state index contributed by atoms with van der Waals surface area (Å²) in [5, 5.41) is 4.71. The third kappa shape index (κ3) is 5.93. The molecule has 1 fully saturated rings. The lowest BCUT2D eigenvalue weighted by Crippen LogP contribution is -2.36. The van der Waals surface area contributed by atoms with Crippen molar-refractivity contribution in [2.75, 3.05) is 19.6 Å². The second-order valence-corrected chi connectivity index (χ2v) is 6.85. The van der Waals surface area contributed by atoms with Crippen LogP contribution < -0.4 is 15.4 Å². The fourth-order valence-electron chi connectivity index (χ4n) is 2.13. The van der Waals surface area contributed by atoms with Crippen LogP contribution in [0.15, 0.2) is 29.2 Å². The number of amides is 1. The van der Waals surface area contributed by atoms with Gasteiger partial charge in [0.15, 0.2) is 0 Å². The minimum absolute atomic E-state index is 0.